The van der Waals surface area contributed by atoms with Gasteiger partial charge in [-0.05, 0) is 25.5 Å². The monoisotopic (exact) mass is 163 g/mol. The number of aromatic nitrogens is 1. The lowest BCUT2D eigenvalue weighted by molar-refractivity contribution is -0.140. The first-order valence-electron chi connectivity index (χ1n) is 3.14. The van der Waals surface area contributed by atoms with Crippen molar-refractivity contribution in [2.75, 3.05) is 0 Å². The van der Waals surface area contributed by atoms with E-state index < -0.39 is 11.9 Å². The maximum absolute atomic E-state index is 11.9. The summed E-state index contributed by atoms with van der Waals surface area (Å²) in [4.78, 5) is 2.26. The average molecular weight is 163 g/mol. The number of nitrogens with one attached hydrogen (secondary N) is 1. The van der Waals surface area contributed by atoms with Crippen LogP contribution in [0.1, 0.15) is 17.0 Å². The normalized spacial score (nSPS) is 12.1. The number of rotatable bonds is 0. The molecule has 0 saturated carbocycles. The number of H-pyrrole nitrogens is 1. The first-order chi connectivity index (χ1) is 4.91. The predicted molar refractivity (Wildman–Crippen MR) is 35.3 cm³/mol. The van der Waals surface area contributed by atoms with Crippen LogP contribution in [0.15, 0.2) is 6.07 Å². The zero-order valence-electron chi connectivity index (χ0n) is 6.21. The molecular formula is C7H8F3N. The maximum atomic E-state index is 11.9. The van der Waals surface area contributed by atoms with Crippen molar-refractivity contribution in [3.8, 4) is 0 Å². The summed E-state index contributed by atoms with van der Waals surface area (Å²) in [7, 11) is 0. The highest BCUT2D eigenvalue weighted by molar-refractivity contribution is 5.24. The molecule has 0 unspecified atom stereocenters. The molecule has 1 nitrogen and oxygen atoms in total. The Balaban J connectivity index is 3.08. The van der Waals surface area contributed by atoms with Crippen molar-refractivity contribution in [3.63, 3.8) is 0 Å². The van der Waals surface area contributed by atoms with E-state index in [1.807, 2.05) is 0 Å². The van der Waals surface area contributed by atoms with Crippen molar-refractivity contribution >= 4 is 0 Å². The van der Waals surface area contributed by atoms with Crippen LogP contribution in [-0.2, 0) is 6.18 Å². The van der Waals surface area contributed by atoms with E-state index in [4.69, 9.17) is 0 Å². The molecule has 0 saturated heterocycles. The molecule has 0 radical (unpaired) electrons. The first kappa shape index (κ1) is 8.17. The van der Waals surface area contributed by atoms with E-state index in [0.29, 0.717) is 11.3 Å². The van der Waals surface area contributed by atoms with Gasteiger partial charge in [0.2, 0.25) is 0 Å². The minimum Gasteiger partial charge on any atom is -0.355 e. The third kappa shape index (κ3) is 1.56. The van der Waals surface area contributed by atoms with Crippen LogP contribution in [0.25, 0.3) is 0 Å². The molecule has 1 N–H and O–H groups in total. The van der Waals surface area contributed by atoms with E-state index >= 15 is 0 Å². The summed E-state index contributed by atoms with van der Waals surface area (Å²) in [5, 5.41) is 0. The summed E-state index contributed by atoms with van der Waals surface area (Å²) < 4.78 is 35.8. The van der Waals surface area contributed by atoms with E-state index in [0.717, 1.165) is 6.07 Å². The Labute approximate surface area is 62.2 Å². The summed E-state index contributed by atoms with van der Waals surface area (Å²) in [5.41, 5.74) is 0.530. The SMILES string of the molecule is Cc1cc(C(F)(F)F)[nH]c1C. The third-order valence-corrected chi connectivity index (χ3v) is 1.58. The highest BCUT2D eigenvalue weighted by Gasteiger charge is 2.32. The van der Waals surface area contributed by atoms with Crippen molar-refractivity contribution < 1.29 is 13.2 Å². The fraction of sp³-hybridized carbons (Fsp3) is 0.429. The molecule has 0 fully saturated rings. The van der Waals surface area contributed by atoms with Crippen LogP contribution in [0, 0.1) is 13.8 Å². The highest BCUT2D eigenvalue weighted by atomic mass is 19.4. The topological polar surface area (TPSA) is 15.8 Å². The van der Waals surface area contributed by atoms with Gasteiger partial charge in [-0.2, -0.15) is 13.2 Å². The highest BCUT2D eigenvalue weighted by Crippen LogP contribution is 2.29. The Kier molecular flexibility index (Phi) is 1.70. The molecule has 1 heterocycles. The number of halogens is 3. The molecule has 0 aromatic carbocycles. The second-order valence-corrected chi connectivity index (χ2v) is 2.49. The van der Waals surface area contributed by atoms with Gasteiger partial charge in [-0.3, -0.25) is 0 Å². The van der Waals surface area contributed by atoms with Gasteiger partial charge in [0.05, 0.1) is 0 Å². The Morgan fingerprint density at radius 3 is 2.00 bits per heavy atom. The summed E-state index contributed by atoms with van der Waals surface area (Å²) in [6.07, 6.45) is -4.25. The predicted octanol–water partition coefficient (Wildman–Crippen LogP) is 2.65. The zero-order chi connectivity index (χ0) is 8.65. The minimum atomic E-state index is -4.25. The second-order valence-electron chi connectivity index (χ2n) is 2.49. The van der Waals surface area contributed by atoms with Gasteiger partial charge in [0.25, 0.3) is 0 Å². The van der Waals surface area contributed by atoms with E-state index in [-0.39, 0.29) is 0 Å². The average Bonchev–Trinajstić information content (AvgIpc) is 2.11. The quantitative estimate of drug-likeness (QED) is 0.605. The fourth-order valence-electron chi connectivity index (χ4n) is 0.814. The lowest BCUT2D eigenvalue weighted by Gasteiger charge is -2.01. The van der Waals surface area contributed by atoms with Crippen LogP contribution in [0.5, 0.6) is 0 Å². The van der Waals surface area contributed by atoms with E-state index in [2.05, 4.69) is 4.98 Å². The van der Waals surface area contributed by atoms with Gasteiger partial charge >= 0.3 is 6.18 Å². The molecule has 1 aromatic heterocycles. The minimum absolute atomic E-state index is 0.567. The van der Waals surface area contributed by atoms with Gasteiger partial charge in [0.15, 0.2) is 0 Å². The number of aryl methyl sites for hydroxylation is 2. The Morgan fingerprint density at radius 1 is 1.27 bits per heavy atom. The summed E-state index contributed by atoms with van der Waals surface area (Å²) in [6, 6.07) is 1.11. The maximum Gasteiger partial charge on any atom is 0.431 e. The standard InChI is InChI=1S/C7H8F3N/c1-4-3-6(7(8,9)10)11-5(4)2/h3,11H,1-2H3. The molecule has 0 amide bonds. The summed E-state index contributed by atoms with van der Waals surface area (Å²) in [5.74, 6) is 0. The van der Waals surface area contributed by atoms with Crippen molar-refractivity contribution in [3.05, 3.63) is 23.0 Å². The van der Waals surface area contributed by atoms with Gasteiger partial charge in [0, 0.05) is 5.69 Å². The van der Waals surface area contributed by atoms with Crippen LogP contribution < -0.4 is 0 Å². The van der Waals surface area contributed by atoms with Gasteiger partial charge < -0.3 is 4.98 Å². The Morgan fingerprint density at radius 2 is 1.82 bits per heavy atom. The molecule has 0 atom stereocenters. The molecule has 0 aliphatic rings. The molecular weight excluding hydrogens is 155 g/mol. The fourth-order valence-corrected chi connectivity index (χ4v) is 0.814. The second kappa shape index (κ2) is 2.29. The lowest BCUT2D eigenvalue weighted by Crippen LogP contribution is -2.04. The van der Waals surface area contributed by atoms with Crippen LogP contribution in [0.2, 0.25) is 0 Å². The third-order valence-electron chi connectivity index (χ3n) is 1.58. The molecule has 1 rings (SSSR count). The van der Waals surface area contributed by atoms with Crippen molar-refractivity contribution in [2.45, 2.75) is 20.0 Å². The summed E-state index contributed by atoms with van der Waals surface area (Å²) >= 11 is 0. The molecule has 11 heavy (non-hydrogen) atoms. The molecule has 4 heteroatoms. The van der Waals surface area contributed by atoms with Gasteiger partial charge in [0.1, 0.15) is 5.69 Å². The number of hydrogen-bond donors (Lipinski definition) is 1. The van der Waals surface area contributed by atoms with E-state index in [1.54, 1.807) is 13.8 Å². The van der Waals surface area contributed by atoms with Gasteiger partial charge in [-0.1, -0.05) is 0 Å². The van der Waals surface area contributed by atoms with Gasteiger partial charge in [-0.25, -0.2) is 0 Å². The Hall–Kier alpha value is -0.930. The number of alkyl halides is 3. The zero-order valence-corrected chi connectivity index (χ0v) is 6.21. The van der Waals surface area contributed by atoms with Crippen LogP contribution in [0.3, 0.4) is 0 Å². The molecule has 1 aromatic rings. The van der Waals surface area contributed by atoms with Crippen LogP contribution >= 0.6 is 0 Å². The van der Waals surface area contributed by atoms with Crippen molar-refractivity contribution in [2.24, 2.45) is 0 Å². The van der Waals surface area contributed by atoms with E-state index in [9.17, 15) is 13.2 Å². The van der Waals surface area contributed by atoms with Crippen molar-refractivity contribution in [1.82, 2.24) is 4.98 Å². The molecule has 0 spiro atoms. The molecule has 0 aliphatic heterocycles. The first-order valence-corrected chi connectivity index (χ1v) is 3.14. The van der Waals surface area contributed by atoms with E-state index in [1.165, 1.54) is 0 Å². The number of aromatic amines is 1. The Bertz CT molecular complexity index is 240. The summed E-state index contributed by atoms with van der Waals surface area (Å²) in [6.45, 7) is 3.26. The molecule has 0 aliphatic carbocycles. The molecule has 62 valence electrons. The smallest absolute Gasteiger partial charge is 0.355 e. The molecule has 0 bridgehead atoms. The largest absolute Gasteiger partial charge is 0.431 e. The van der Waals surface area contributed by atoms with Crippen LogP contribution in [-0.4, -0.2) is 4.98 Å². The lowest BCUT2D eigenvalue weighted by atomic mass is 10.3. The van der Waals surface area contributed by atoms with Crippen molar-refractivity contribution in [1.29, 1.82) is 0 Å². The van der Waals surface area contributed by atoms with Gasteiger partial charge in [-0.15, -0.1) is 0 Å². The van der Waals surface area contributed by atoms with Crippen LogP contribution in [0.4, 0.5) is 13.2 Å². The number of hydrogen-bond acceptors (Lipinski definition) is 0.